The van der Waals surface area contributed by atoms with Crippen molar-refractivity contribution in [1.29, 1.82) is 0 Å². The van der Waals surface area contributed by atoms with Gasteiger partial charge in [0.05, 0.1) is 6.04 Å². The van der Waals surface area contributed by atoms with Crippen molar-refractivity contribution in [3.8, 4) is 0 Å². The summed E-state index contributed by atoms with van der Waals surface area (Å²) in [4.78, 5) is 14.2. The Morgan fingerprint density at radius 2 is 1.59 bits per heavy atom. The zero-order chi connectivity index (χ0) is 21.8. The summed E-state index contributed by atoms with van der Waals surface area (Å²) in [5.41, 5.74) is 4.51. The summed E-state index contributed by atoms with van der Waals surface area (Å²) >= 11 is 0. The van der Waals surface area contributed by atoms with Gasteiger partial charge in [-0.1, -0.05) is 60.7 Å². The first-order chi connectivity index (χ1) is 15.6. The van der Waals surface area contributed by atoms with E-state index in [4.69, 9.17) is 0 Å². The number of carbonyl (C=O) groups is 1. The highest BCUT2D eigenvalue weighted by Gasteiger charge is 2.39. The first-order valence-corrected chi connectivity index (χ1v) is 11.3. The maximum atomic E-state index is 12.6. The highest BCUT2D eigenvalue weighted by atomic mass is 16.2. The minimum atomic E-state index is 0.0495. The fraction of sp³-hybridized carbons (Fsp3) is 0.207. The number of nitrogens with one attached hydrogen (secondary N) is 1. The minimum absolute atomic E-state index is 0.0495. The molecule has 3 atom stereocenters. The van der Waals surface area contributed by atoms with E-state index >= 15 is 0 Å². The molecule has 0 spiro atoms. The maximum Gasteiger partial charge on any atom is 0.253 e. The van der Waals surface area contributed by atoms with Crippen molar-refractivity contribution in [2.24, 2.45) is 5.92 Å². The molecule has 3 heteroatoms. The van der Waals surface area contributed by atoms with Gasteiger partial charge in [0.25, 0.3) is 5.91 Å². The smallest absolute Gasteiger partial charge is 0.253 e. The summed E-state index contributed by atoms with van der Waals surface area (Å²) in [5, 5.41) is 9.09. The van der Waals surface area contributed by atoms with Crippen LogP contribution in [0.3, 0.4) is 0 Å². The molecule has 0 bridgehead atoms. The van der Waals surface area contributed by atoms with Crippen LogP contribution in [-0.2, 0) is 0 Å². The van der Waals surface area contributed by atoms with Crippen LogP contribution in [-0.4, -0.2) is 24.9 Å². The van der Waals surface area contributed by atoms with Crippen LogP contribution in [0.15, 0.2) is 84.9 Å². The van der Waals surface area contributed by atoms with E-state index in [0.717, 1.165) is 17.7 Å². The molecule has 3 nitrogen and oxygen atoms in total. The lowest BCUT2D eigenvalue weighted by Gasteiger charge is -2.38. The Hall–Kier alpha value is -3.59. The van der Waals surface area contributed by atoms with E-state index in [1.807, 2.05) is 6.07 Å². The molecule has 158 valence electrons. The number of allylic oxidation sites excluding steroid dienone is 2. The molecule has 1 N–H and O–H groups in total. The van der Waals surface area contributed by atoms with Crippen LogP contribution in [0, 0.1) is 5.92 Å². The molecular formula is C29H26N2O. The molecule has 4 aromatic rings. The monoisotopic (exact) mass is 418 g/mol. The van der Waals surface area contributed by atoms with Gasteiger partial charge < -0.3 is 10.2 Å². The van der Waals surface area contributed by atoms with Gasteiger partial charge in [0.2, 0.25) is 0 Å². The van der Waals surface area contributed by atoms with Gasteiger partial charge in [-0.05, 0) is 69.3 Å². The lowest BCUT2D eigenvalue weighted by atomic mass is 9.75. The highest BCUT2D eigenvalue weighted by Crippen LogP contribution is 2.52. The van der Waals surface area contributed by atoms with Crippen molar-refractivity contribution >= 4 is 33.1 Å². The molecule has 1 amide bonds. The maximum absolute atomic E-state index is 12.6. The summed E-state index contributed by atoms with van der Waals surface area (Å²) in [7, 11) is 3.61. The second kappa shape index (κ2) is 7.23. The van der Waals surface area contributed by atoms with Gasteiger partial charge in [0.15, 0.2) is 0 Å². The average molecular weight is 419 g/mol. The van der Waals surface area contributed by atoms with Crippen LogP contribution < -0.4 is 5.32 Å². The van der Waals surface area contributed by atoms with Crippen LogP contribution in [0.2, 0.25) is 0 Å². The third-order valence-electron chi connectivity index (χ3n) is 7.14. The zero-order valence-corrected chi connectivity index (χ0v) is 18.4. The molecular weight excluding hydrogens is 392 g/mol. The van der Waals surface area contributed by atoms with Gasteiger partial charge >= 0.3 is 0 Å². The Kier molecular flexibility index (Phi) is 4.32. The molecule has 32 heavy (non-hydrogen) atoms. The second-order valence-corrected chi connectivity index (χ2v) is 9.21. The summed E-state index contributed by atoms with van der Waals surface area (Å²) in [6.07, 6.45) is 5.69. The van der Waals surface area contributed by atoms with E-state index in [1.165, 1.54) is 32.7 Å². The van der Waals surface area contributed by atoms with Crippen molar-refractivity contribution in [2.75, 3.05) is 19.4 Å². The molecule has 0 fully saturated rings. The molecule has 2 aliphatic rings. The highest BCUT2D eigenvalue weighted by molar-refractivity contribution is 6.03. The van der Waals surface area contributed by atoms with Crippen molar-refractivity contribution in [2.45, 2.75) is 18.4 Å². The Balaban J connectivity index is 1.55. The zero-order valence-electron chi connectivity index (χ0n) is 18.4. The molecule has 0 aromatic heterocycles. The fourth-order valence-corrected chi connectivity index (χ4v) is 5.66. The fourth-order valence-electron chi connectivity index (χ4n) is 5.66. The summed E-state index contributed by atoms with van der Waals surface area (Å²) in [6.45, 7) is 0. The number of amides is 1. The minimum Gasteiger partial charge on any atom is -0.378 e. The predicted molar refractivity (Wildman–Crippen MR) is 132 cm³/mol. The number of nitrogens with zero attached hydrogens (tertiary/aromatic N) is 1. The van der Waals surface area contributed by atoms with Gasteiger partial charge in [-0.2, -0.15) is 0 Å². The van der Waals surface area contributed by atoms with Crippen LogP contribution in [0.5, 0.6) is 0 Å². The van der Waals surface area contributed by atoms with Gasteiger partial charge in [-0.15, -0.1) is 0 Å². The molecule has 0 radical (unpaired) electrons. The van der Waals surface area contributed by atoms with E-state index in [9.17, 15) is 4.79 Å². The standard InChI is InChI=1S/C29H26N2O/c1-31(2)29(32)20-14-15-26-25(17-20)23-12-7-13-24(23)28(30-26)27-21-10-5-3-8-18(21)16-19-9-4-6-11-22(19)27/h3-12,14-17,23-24,28,30H,13H2,1-2H3. The Bertz CT molecular complexity index is 1350. The second-order valence-electron chi connectivity index (χ2n) is 9.21. The Morgan fingerprint density at radius 1 is 0.906 bits per heavy atom. The van der Waals surface area contributed by atoms with Crippen LogP contribution >= 0.6 is 0 Å². The number of anilines is 1. The molecule has 3 unspecified atom stereocenters. The van der Waals surface area contributed by atoms with Gasteiger partial charge in [-0.25, -0.2) is 0 Å². The molecule has 1 aliphatic carbocycles. The van der Waals surface area contributed by atoms with Gasteiger partial charge in [0.1, 0.15) is 0 Å². The Morgan fingerprint density at radius 3 is 2.28 bits per heavy atom. The number of fused-ring (bicyclic) bond motifs is 5. The summed E-state index contributed by atoms with van der Waals surface area (Å²) < 4.78 is 0. The van der Waals surface area contributed by atoms with Crippen molar-refractivity contribution in [1.82, 2.24) is 4.90 Å². The third kappa shape index (κ3) is 2.85. The lowest BCUT2D eigenvalue weighted by Crippen LogP contribution is -2.30. The van der Waals surface area contributed by atoms with Crippen molar-refractivity contribution in [3.63, 3.8) is 0 Å². The molecule has 0 saturated heterocycles. The molecule has 6 rings (SSSR count). The van der Waals surface area contributed by atoms with Crippen LogP contribution in [0.1, 0.15) is 39.9 Å². The number of rotatable bonds is 2. The number of hydrogen-bond donors (Lipinski definition) is 1. The third-order valence-corrected chi connectivity index (χ3v) is 7.14. The SMILES string of the molecule is CN(C)C(=O)c1ccc2c(c1)C1C=CCC1C(c1c3ccccc3cc3ccccc13)N2. The normalized spacial score (nSPS) is 21.2. The number of benzene rings is 4. The van der Waals surface area contributed by atoms with Crippen LogP contribution in [0.4, 0.5) is 5.69 Å². The van der Waals surface area contributed by atoms with Crippen LogP contribution in [0.25, 0.3) is 21.5 Å². The number of carbonyl (C=O) groups excluding carboxylic acids is 1. The van der Waals surface area contributed by atoms with Crippen molar-refractivity contribution in [3.05, 3.63) is 102 Å². The van der Waals surface area contributed by atoms with E-state index in [0.29, 0.717) is 11.8 Å². The topological polar surface area (TPSA) is 32.3 Å². The van der Waals surface area contributed by atoms with E-state index in [-0.39, 0.29) is 11.9 Å². The van der Waals surface area contributed by atoms with Crippen molar-refractivity contribution < 1.29 is 4.79 Å². The average Bonchev–Trinajstić information content (AvgIpc) is 3.32. The molecule has 1 aliphatic heterocycles. The van der Waals surface area contributed by atoms with E-state index < -0.39 is 0 Å². The first-order valence-electron chi connectivity index (χ1n) is 11.3. The molecule has 1 heterocycles. The van der Waals surface area contributed by atoms with E-state index in [1.54, 1.807) is 19.0 Å². The largest absolute Gasteiger partial charge is 0.378 e. The number of hydrogen-bond acceptors (Lipinski definition) is 2. The quantitative estimate of drug-likeness (QED) is 0.297. The molecule has 0 saturated carbocycles. The molecule has 4 aromatic carbocycles. The van der Waals surface area contributed by atoms with Gasteiger partial charge in [-0.3, -0.25) is 4.79 Å². The lowest BCUT2D eigenvalue weighted by molar-refractivity contribution is 0.0827. The Labute approximate surface area is 188 Å². The summed E-state index contributed by atoms with van der Waals surface area (Å²) in [6, 6.07) is 26.1. The van der Waals surface area contributed by atoms with Gasteiger partial charge in [0, 0.05) is 31.3 Å². The predicted octanol–water partition coefficient (Wildman–Crippen LogP) is 6.52. The van der Waals surface area contributed by atoms with E-state index in [2.05, 4.69) is 84.2 Å². The summed E-state index contributed by atoms with van der Waals surface area (Å²) in [5.74, 6) is 0.777. The first kappa shape index (κ1) is 19.1.